The van der Waals surface area contributed by atoms with Gasteiger partial charge in [-0.2, -0.15) is 0 Å². The lowest BCUT2D eigenvalue weighted by Gasteiger charge is -2.10. The number of carbonyl (C=O) groups excluding carboxylic acids is 1. The molecule has 1 aromatic heterocycles. The summed E-state index contributed by atoms with van der Waals surface area (Å²) >= 11 is 0. The minimum atomic E-state index is -0.180. The average Bonchev–Trinajstić information content (AvgIpc) is 2.28. The Morgan fingerprint density at radius 3 is 2.88 bits per heavy atom. The van der Waals surface area contributed by atoms with E-state index in [0.717, 1.165) is 6.54 Å². The molecule has 1 rings (SSSR count). The second-order valence-corrected chi connectivity index (χ2v) is 3.62. The van der Waals surface area contributed by atoms with Crippen molar-refractivity contribution >= 4 is 5.91 Å². The number of rotatable bonds is 5. The van der Waals surface area contributed by atoms with Gasteiger partial charge in [-0.3, -0.25) is 4.79 Å². The molecular formula is C11H17N3O2. The van der Waals surface area contributed by atoms with Gasteiger partial charge in [-0.1, -0.05) is 6.07 Å². The highest BCUT2D eigenvalue weighted by Crippen LogP contribution is 2.06. The highest BCUT2D eigenvalue weighted by molar-refractivity contribution is 5.92. The maximum Gasteiger partial charge on any atom is 0.270 e. The summed E-state index contributed by atoms with van der Waals surface area (Å²) in [4.78, 5) is 17.7. The summed E-state index contributed by atoms with van der Waals surface area (Å²) in [5.74, 6) is 0.265. The van der Waals surface area contributed by atoms with Crippen molar-refractivity contribution in [3.8, 4) is 5.88 Å². The first-order chi connectivity index (χ1) is 7.63. The first-order valence-corrected chi connectivity index (χ1v) is 5.07. The summed E-state index contributed by atoms with van der Waals surface area (Å²) in [7, 11) is 5.43. The minimum Gasteiger partial charge on any atom is -0.481 e. The molecule has 0 bridgehead atoms. The van der Waals surface area contributed by atoms with E-state index in [0.29, 0.717) is 18.1 Å². The van der Waals surface area contributed by atoms with Gasteiger partial charge in [0.15, 0.2) is 0 Å². The third-order valence-electron chi connectivity index (χ3n) is 2.01. The van der Waals surface area contributed by atoms with Gasteiger partial charge in [-0.05, 0) is 20.2 Å². The van der Waals surface area contributed by atoms with Gasteiger partial charge in [-0.15, -0.1) is 0 Å². The summed E-state index contributed by atoms with van der Waals surface area (Å²) in [5, 5.41) is 2.78. The highest BCUT2D eigenvalue weighted by atomic mass is 16.5. The molecule has 0 spiro atoms. The number of nitrogens with zero attached hydrogens (tertiary/aromatic N) is 2. The van der Waals surface area contributed by atoms with Crippen LogP contribution in [0.2, 0.25) is 0 Å². The molecule has 5 nitrogen and oxygen atoms in total. The number of likely N-dealkylation sites (N-methyl/N-ethyl adjacent to an activating group) is 1. The number of ether oxygens (including phenoxy) is 1. The van der Waals surface area contributed by atoms with Gasteiger partial charge in [0.25, 0.3) is 5.91 Å². The molecule has 0 unspecified atom stereocenters. The topological polar surface area (TPSA) is 54.5 Å². The quantitative estimate of drug-likeness (QED) is 0.784. The van der Waals surface area contributed by atoms with Crippen LogP contribution in [0.4, 0.5) is 0 Å². The molecule has 0 aromatic carbocycles. The predicted molar refractivity (Wildman–Crippen MR) is 61.7 cm³/mol. The van der Waals surface area contributed by atoms with Crippen molar-refractivity contribution in [3.05, 3.63) is 23.9 Å². The molecule has 0 fully saturated rings. The maximum atomic E-state index is 11.6. The Bertz CT molecular complexity index is 353. The number of aromatic nitrogens is 1. The maximum absolute atomic E-state index is 11.6. The molecule has 0 aliphatic carbocycles. The molecule has 1 aromatic rings. The number of hydrogen-bond acceptors (Lipinski definition) is 4. The zero-order valence-electron chi connectivity index (χ0n) is 9.86. The zero-order chi connectivity index (χ0) is 12.0. The van der Waals surface area contributed by atoms with Crippen molar-refractivity contribution in [2.75, 3.05) is 34.3 Å². The molecule has 88 valence electrons. The lowest BCUT2D eigenvalue weighted by molar-refractivity contribution is 0.0945. The van der Waals surface area contributed by atoms with Gasteiger partial charge in [0.05, 0.1) is 7.11 Å². The SMILES string of the molecule is COc1cccc(C(=O)NCCN(C)C)n1. The third-order valence-corrected chi connectivity index (χ3v) is 2.01. The average molecular weight is 223 g/mol. The number of methoxy groups -OCH3 is 1. The van der Waals surface area contributed by atoms with Crippen LogP contribution in [0.1, 0.15) is 10.5 Å². The molecular weight excluding hydrogens is 206 g/mol. The molecule has 1 heterocycles. The van der Waals surface area contributed by atoms with Crippen molar-refractivity contribution in [2.45, 2.75) is 0 Å². The van der Waals surface area contributed by atoms with Crippen LogP contribution >= 0.6 is 0 Å². The zero-order valence-corrected chi connectivity index (χ0v) is 9.86. The molecule has 0 aliphatic rings. The largest absolute Gasteiger partial charge is 0.481 e. The summed E-state index contributed by atoms with van der Waals surface area (Å²) in [6.07, 6.45) is 0. The van der Waals surface area contributed by atoms with Crippen LogP contribution in [-0.4, -0.2) is 50.1 Å². The Labute approximate surface area is 95.4 Å². The lowest BCUT2D eigenvalue weighted by atomic mass is 10.3. The van der Waals surface area contributed by atoms with E-state index in [1.54, 1.807) is 18.2 Å². The summed E-state index contributed by atoms with van der Waals surface area (Å²) < 4.78 is 4.95. The fraction of sp³-hybridized carbons (Fsp3) is 0.455. The molecule has 1 amide bonds. The van der Waals surface area contributed by atoms with Gasteiger partial charge in [0.1, 0.15) is 5.69 Å². The van der Waals surface area contributed by atoms with Gasteiger partial charge in [-0.25, -0.2) is 4.98 Å². The van der Waals surface area contributed by atoms with Crippen LogP contribution < -0.4 is 10.1 Å². The van der Waals surface area contributed by atoms with Crippen LogP contribution in [-0.2, 0) is 0 Å². The van der Waals surface area contributed by atoms with Crippen LogP contribution in [0.15, 0.2) is 18.2 Å². The Kier molecular flexibility index (Phi) is 4.72. The van der Waals surface area contributed by atoms with Crippen LogP contribution in [0.25, 0.3) is 0 Å². The Morgan fingerprint density at radius 1 is 1.50 bits per heavy atom. The minimum absolute atomic E-state index is 0.180. The van der Waals surface area contributed by atoms with Gasteiger partial charge < -0.3 is 15.0 Å². The number of hydrogen-bond donors (Lipinski definition) is 1. The summed E-state index contributed by atoms with van der Waals surface area (Å²) in [6.45, 7) is 1.40. The van der Waals surface area contributed by atoms with Crippen molar-refractivity contribution in [2.24, 2.45) is 0 Å². The van der Waals surface area contributed by atoms with Gasteiger partial charge >= 0.3 is 0 Å². The number of amides is 1. The van der Waals surface area contributed by atoms with E-state index in [1.807, 2.05) is 19.0 Å². The molecule has 0 aliphatic heterocycles. The molecule has 0 saturated heterocycles. The number of carbonyl (C=O) groups is 1. The normalized spacial score (nSPS) is 10.2. The van der Waals surface area contributed by atoms with Crippen molar-refractivity contribution in [3.63, 3.8) is 0 Å². The van der Waals surface area contributed by atoms with Crippen molar-refractivity contribution in [1.82, 2.24) is 15.2 Å². The van der Waals surface area contributed by atoms with Gasteiger partial charge in [0.2, 0.25) is 5.88 Å². The second kappa shape index (κ2) is 6.07. The summed E-state index contributed by atoms with van der Waals surface area (Å²) in [5.41, 5.74) is 0.373. The Morgan fingerprint density at radius 2 is 2.25 bits per heavy atom. The first kappa shape index (κ1) is 12.4. The predicted octanol–water partition coefficient (Wildman–Crippen LogP) is 0.382. The molecule has 0 radical (unpaired) electrons. The standard InChI is InChI=1S/C11H17N3O2/c1-14(2)8-7-12-11(15)9-5-4-6-10(13-9)16-3/h4-6H,7-8H2,1-3H3,(H,12,15). The highest BCUT2D eigenvalue weighted by Gasteiger charge is 2.07. The Hall–Kier alpha value is -1.62. The molecule has 0 saturated carbocycles. The molecule has 16 heavy (non-hydrogen) atoms. The van der Waals surface area contributed by atoms with Crippen LogP contribution in [0, 0.1) is 0 Å². The molecule has 1 N–H and O–H groups in total. The second-order valence-electron chi connectivity index (χ2n) is 3.62. The van der Waals surface area contributed by atoms with Crippen LogP contribution in [0.5, 0.6) is 5.88 Å². The van der Waals surface area contributed by atoms with E-state index in [1.165, 1.54) is 7.11 Å². The molecule has 5 heteroatoms. The van der Waals surface area contributed by atoms with E-state index in [9.17, 15) is 4.79 Å². The van der Waals surface area contributed by atoms with E-state index < -0.39 is 0 Å². The third kappa shape index (κ3) is 3.86. The van der Waals surface area contributed by atoms with Gasteiger partial charge in [0, 0.05) is 19.2 Å². The van der Waals surface area contributed by atoms with E-state index in [2.05, 4.69) is 10.3 Å². The van der Waals surface area contributed by atoms with Crippen LogP contribution in [0.3, 0.4) is 0 Å². The monoisotopic (exact) mass is 223 g/mol. The van der Waals surface area contributed by atoms with E-state index in [-0.39, 0.29) is 5.91 Å². The molecule has 0 atom stereocenters. The van der Waals surface area contributed by atoms with E-state index in [4.69, 9.17) is 4.74 Å². The Balaban J connectivity index is 2.52. The smallest absolute Gasteiger partial charge is 0.270 e. The first-order valence-electron chi connectivity index (χ1n) is 5.07. The van der Waals surface area contributed by atoms with E-state index >= 15 is 0 Å². The van der Waals surface area contributed by atoms with Crippen molar-refractivity contribution in [1.29, 1.82) is 0 Å². The fourth-order valence-corrected chi connectivity index (χ4v) is 1.14. The van der Waals surface area contributed by atoms with Crippen molar-refractivity contribution < 1.29 is 9.53 Å². The number of pyridine rings is 1. The summed E-state index contributed by atoms with van der Waals surface area (Å²) in [6, 6.07) is 5.11. The number of nitrogens with one attached hydrogen (secondary N) is 1. The fourth-order valence-electron chi connectivity index (χ4n) is 1.14. The lowest BCUT2D eigenvalue weighted by Crippen LogP contribution is -2.31.